The van der Waals surface area contributed by atoms with E-state index in [9.17, 15) is 13.2 Å². The minimum absolute atomic E-state index is 0.253. The van der Waals surface area contributed by atoms with Crippen LogP contribution >= 0.6 is 11.3 Å². The number of nitrogens with one attached hydrogen (secondary N) is 2. The molecule has 0 aliphatic carbocycles. The number of urea groups is 1. The predicted octanol–water partition coefficient (Wildman–Crippen LogP) is 4.61. The molecule has 30 heavy (non-hydrogen) atoms. The molecule has 0 unspecified atom stereocenters. The van der Waals surface area contributed by atoms with Crippen molar-refractivity contribution in [1.82, 2.24) is 9.29 Å². The molecule has 0 aliphatic rings. The summed E-state index contributed by atoms with van der Waals surface area (Å²) in [4.78, 5) is 12.2. The number of benzene rings is 2. The van der Waals surface area contributed by atoms with E-state index in [1.807, 2.05) is 42.6 Å². The molecule has 0 bridgehead atoms. The van der Waals surface area contributed by atoms with E-state index in [1.54, 1.807) is 36.5 Å². The number of amides is 2. The third-order valence-corrected chi connectivity index (χ3v) is 7.25. The fourth-order valence-electron chi connectivity index (χ4n) is 3.16. The second kappa shape index (κ2) is 8.33. The second-order valence-corrected chi connectivity index (χ2v) is 9.69. The summed E-state index contributed by atoms with van der Waals surface area (Å²) in [6, 6.07) is 17.8. The molecule has 0 radical (unpaired) electrons. The van der Waals surface area contributed by atoms with E-state index in [2.05, 4.69) is 10.6 Å². The molecule has 0 saturated heterocycles. The van der Waals surface area contributed by atoms with Crippen LogP contribution in [-0.2, 0) is 16.4 Å². The fourth-order valence-corrected chi connectivity index (χ4v) is 5.12. The van der Waals surface area contributed by atoms with E-state index in [0.717, 1.165) is 21.5 Å². The molecule has 4 aromatic rings. The molecule has 0 atom stereocenters. The van der Waals surface area contributed by atoms with E-state index in [4.69, 9.17) is 0 Å². The number of thiophene rings is 1. The van der Waals surface area contributed by atoms with Crippen LogP contribution < -0.4 is 10.6 Å². The van der Waals surface area contributed by atoms with Gasteiger partial charge in [-0.25, -0.2) is 17.2 Å². The number of carbonyl (C=O) groups is 1. The molecule has 2 aromatic heterocycles. The molecule has 8 heteroatoms. The monoisotopic (exact) mass is 439 g/mol. The Hall–Kier alpha value is -3.10. The van der Waals surface area contributed by atoms with Gasteiger partial charge < -0.3 is 5.32 Å². The largest absolute Gasteiger partial charge is 0.338 e. The summed E-state index contributed by atoms with van der Waals surface area (Å²) in [6.07, 6.45) is 2.17. The lowest BCUT2D eigenvalue weighted by Crippen LogP contribution is -2.30. The van der Waals surface area contributed by atoms with E-state index in [1.165, 1.54) is 15.3 Å². The Morgan fingerprint density at radius 3 is 2.60 bits per heavy atom. The SMILES string of the molecule is Cc1ccc(S(=O)(=O)n2ccc3ccc(CCNC(=O)Nc4cccs4)cc32)cc1. The van der Waals surface area contributed by atoms with Gasteiger partial charge >= 0.3 is 6.03 Å². The van der Waals surface area contributed by atoms with E-state index in [-0.39, 0.29) is 10.9 Å². The number of nitrogens with zero attached hydrogens (tertiary/aromatic N) is 1. The highest BCUT2D eigenvalue weighted by atomic mass is 32.2. The van der Waals surface area contributed by atoms with Crippen molar-refractivity contribution in [3.63, 3.8) is 0 Å². The number of aromatic nitrogens is 1. The highest BCUT2D eigenvalue weighted by Gasteiger charge is 2.18. The Balaban J connectivity index is 1.50. The minimum Gasteiger partial charge on any atom is -0.338 e. The maximum atomic E-state index is 13.1. The van der Waals surface area contributed by atoms with Crippen molar-refractivity contribution in [2.45, 2.75) is 18.2 Å². The van der Waals surface area contributed by atoms with Gasteiger partial charge in [-0.15, -0.1) is 11.3 Å². The molecule has 4 rings (SSSR count). The van der Waals surface area contributed by atoms with Crippen LogP contribution in [0.4, 0.5) is 9.80 Å². The summed E-state index contributed by atoms with van der Waals surface area (Å²) in [6.45, 7) is 2.36. The maximum Gasteiger partial charge on any atom is 0.319 e. The number of fused-ring (bicyclic) bond motifs is 1. The van der Waals surface area contributed by atoms with Crippen molar-refractivity contribution in [2.24, 2.45) is 0 Å². The zero-order valence-electron chi connectivity index (χ0n) is 16.3. The first-order chi connectivity index (χ1) is 14.4. The number of hydrogen-bond acceptors (Lipinski definition) is 4. The third-order valence-electron chi connectivity index (χ3n) is 4.76. The van der Waals surface area contributed by atoms with Crippen LogP contribution in [-0.4, -0.2) is 25.0 Å². The lowest BCUT2D eigenvalue weighted by atomic mass is 10.1. The number of aryl methyl sites for hydroxylation is 1. The molecule has 0 saturated carbocycles. The number of carbonyl (C=O) groups excluding carboxylic acids is 1. The van der Waals surface area contributed by atoms with Crippen molar-refractivity contribution in [3.05, 3.63) is 83.4 Å². The van der Waals surface area contributed by atoms with Gasteiger partial charge in [0, 0.05) is 18.1 Å². The molecule has 154 valence electrons. The molecular weight excluding hydrogens is 418 g/mol. The first kappa shape index (κ1) is 20.2. The van der Waals surface area contributed by atoms with Gasteiger partial charge in [0.2, 0.25) is 0 Å². The van der Waals surface area contributed by atoms with Gasteiger partial charge in [0.1, 0.15) is 0 Å². The van der Waals surface area contributed by atoms with Crippen LogP contribution in [0.2, 0.25) is 0 Å². The summed E-state index contributed by atoms with van der Waals surface area (Å²) in [5.74, 6) is 0. The molecular formula is C22H21N3O3S2. The summed E-state index contributed by atoms with van der Waals surface area (Å²) in [7, 11) is -3.68. The quantitative estimate of drug-likeness (QED) is 0.460. The van der Waals surface area contributed by atoms with Gasteiger partial charge in [-0.1, -0.05) is 29.8 Å². The van der Waals surface area contributed by atoms with Gasteiger partial charge in [0.15, 0.2) is 0 Å². The standard InChI is InChI=1S/C22H21N3O3S2/c1-16-4-8-19(9-5-16)30(27,28)25-13-11-18-7-6-17(15-20(18)25)10-12-23-22(26)24-21-3-2-14-29-21/h2-9,11,13-15H,10,12H2,1H3,(H2,23,24,26). The zero-order valence-corrected chi connectivity index (χ0v) is 18.0. The van der Waals surface area contributed by atoms with Crippen molar-refractivity contribution in [3.8, 4) is 0 Å². The lowest BCUT2D eigenvalue weighted by Gasteiger charge is -2.10. The number of anilines is 1. The van der Waals surface area contributed by atoms with Crippen LogP contribution in [0.3, 0.4) is 0 Å². The zero-order chi connectivity index (χ0) is 21.1. The second-order valence-electron chi connectivity index (χ2n) is 6.93. The summed E-state index contributed by atoms with van der Waals surface area (Å²) in [5, 5.41) is 9.11. The molecule has 6 nitrogen and oxygen atoms in total. The smallest absolute Gasteiger partial charge is 0.319 e. The molecule has 2 N–H and O–H groups in total. The average Bonchev–Trinajstić information content (AvgIpc) is 3.38. The van der Waals surface area contributed by atoms with E-state index >= 15 is 0 Å². The Morgan fingerprint density at radius 1 is 1.07 bits per heavy atom. The van der Waals surface area contributed by atoms with Crippen molar-refractivity contribution in [2.75, 3.05) is 11.9 Å². The molecule has 0 aliphatic heterocycles. The minimum atomic E-state index is -3.68. The number of hydrogen-bond donors (Lipinski definition) is 2. The van der Waals surface area contributed by atoms with Gasteiger partial charge in [-0.05, 0) is 60.7 Å². The van der Waals surface area contributed by atoms with Crippen molar-refractivity contribution < 1.29 is 13.2 Å². The van der Waals surface area contributed by atoms with Crippen LogP contribution in [0.5, 0.6) is 0 Å². The normalized spacial score (nSPS) is 11.5. The molecule has 0 fully saturated rings. The van der Waals surface area contributed by atoms with Gasteiger partial charge in [0.05, 0.1) is 15.4 Å². The molecule has 0 spiro atoms. The Morgan fingerprint density at radius 2 is 1.87 bits per heavy atom. The molecule has 2 heterocycles. The van der Waals surface area contributed by atoms with E-state index < -0.39 is 10.0 Å². The Kier molecular flexibility index (Phi) is 5.61. The fraction of sp³-hybridized carbons (Fsp3) is 0.136. The Labute approximate surface area is 179 Å². The van der Waals surface area contributed by atoms with Crippen LogP contribution in [0.1, 0.15) is 11.1 Å². The number of rotatable bonds is 6. The van der Waals surface area contributed by atoms with Gasteiger partial charge in [0.25, 0.3) is 10.0 Å². The molecule has 2 aromatic carbocycles. The Bertz CT molecular complexity index is 1280. The first-order valence-corrected chi connectivity index (χ1v) is 11.8. The van der Waals surface area contributed by atoms with Crippen LogP contribution in [0.15, 0.2) is 77.1 Å². The summed E-state index contributed by atoms with van der Waals surface area (Å²) >= 11 is 1.45. The van der Waals surface area contributed by atoms with E-state index in [0.29, 0.717) is 18.5 Å². The highest BCUT2D eigenvalue weighted by molar-refractivity contribution is 7.90. The lowest BCUT2D eigenvalue weighted by molar-refractivity contribution is 0.252. The van der Waals surface area contributed by atoms with Crippen molar-refractivity contribution in [1.29, 1.82) is 0 Å². The summed E-state index contributed by atoms with van der Waals surface area (Å²) in [5.41, 5.74) is 2.57. The average molecular weight is 440 g/mol. The highest BCUT2D eigenvalue weighted by Crippen LogP contribution is 2.24. The predicted molar refractivity (Wildman–Crippen MR) is 121 cm³/mol. The molecule has 2 amide bonds. The topological polar surface area (TPSA) is 80.2 Å². The first-order valence-electron chi connectivity index (χ1n) is 9.44. The van der Waals surface area contributed by atoms with Crippen LogP contribution in [0.25, 0.3) is 10.9 Å². The maximum absolute atomic E-state index is 13.1. The van der Waals surface area contributed by atoms with Gasteiger partial charge in [-0.3, -0.25) is 5.32 Å². The summed E-state index contributed by atoms with van der Waals surface area (Å²) < 4.78 is 27.5. The van der Waals surface area contributed by atoms with Crippen LogP contribution in [0, 0.1) is 6.92 Å². The van der Waals surface area contributed by atoms with Crippen molar-refractivity contribution >= 4 is 43.3 Å². The van der Waals surface area contributed by atoms with Gasteiger partial charge in [-0.2, -0.15) is 0 Å². The third kappa shape index (κ3) is 4.24.